The molecule has 2 aromatic carbocycles. The summed E-state index contributed by atoms with van der Waals surface area (Å²) < 4.78 is 13.4. The lowest BCUT2D eigenvalue weighted by atomic mass is 10.1. The molecule has 0 heterocycles. The van der Waals surface area contributed by atoms with E-state index in [1.807, 2.05) is 0 Å². The molecule has 0 radical (unpaired) electrons. The van der Waals surface area contributed by atoms with Gasteiger partial charge in [-0.15, -0.1) is 0 Å². The van der Waals surface area contributed by atoms with Gasteiger partial charge >= 0.3 is 0 Å². The normalized spacial score (nSPS) is 10.2. The van der Waals surface area contributed by atoms with Crippen molar-refractivity contribution in [3.05, 3.63) is 65.5 Å². The van der Waals surface area contributed by atoms with E-state index < -0.39 is 5.82 Å². The summed E-state index contributed by atoms with van der Waals surface area (Å²) in [6.45, 7) is 0.766. The molecule has 6 heteroatoms. The van der Waals surface area contributed by atoms with Gasteiger partial charge in [0.05, 0.1) is 6.42 Å². The molecule has 0 aliphatic heterocycles. The predicted octanol–water partition coefficient (Wildman–Crippen LogP) is 2.01. The number of rotatable bonds is 7. The van der Waals surface area contributed by atoms with Gasteiger partial charge in [-0.1, -0.05) is 24.3 Å². The van der Waals surface area contributed by atoms with Crippen LogP contribution in [0.25, 0.3) is 0 Å². The molecule has 0 fully saturated rings. The van der Waals surface area contributed by atoms with Crippen LogP contribution in [0.1, 0.15) is 22.3 Å². The van der Waals surface area contributed by atoms with Gasteiger partial charge in [0.2, 0.25) is 5.91 Å². The molecule has 0 saturated carbocycles. The number of hydrogen-bond donors (Lipinski definition) is 3. The Kier molecular flexibility index (Phi) is 6.31. The number of phenols is 1. The van der Waals surface area contributed by atoms with Crippen molar-refractivity contribution in [1.29, 1.82) is 0 Å². The first-order chi connectivity index (χ1) is 11.6. The van der Waals surface area contributed by atoms with Gasteiger partial charge in [-0.3, -0.25) is 9.59 Å². The predicted molar refractivity (Wildman–Crippen MR) is 88.2 cm³/mol. The molecule has 2 amide bonds. The fourth-order valence-electron chi connectivity index (χ4n) is 2.14. The molecule has 126 valence electrons. The van der Waals surface area contributed by atoms with E-state index in [0.29, 0.717) is 30.6 Å². The van der Waals surface area contributed by atoms with Crippen molar-refractivity contribution in [2.45, 2.75) is 12.8 Å². The summed E-state index contributed by atoms with van der Waals surface area (Å²) in [5, 5.41) is 14.7. The first-order valence-corrected chi connectivity index (χ1v) is 7.63. The second-order valence-corrected chi connectivity index (χ2v) is 5.28. The van der Waals surface area contributed by atoms with Gasteiger partial charge in [-0.2, -0.15) is 0 Å². The van der Waals surface area contributed by atoms with Crippen LogP contribution in [0.5, 0.6) is 5.75 Å². The van der Waals surface area contributed by atoms with Crippen LogP contribution in [0.2, 0.25) is 0 Å². The Bertz CT molecular complexity index is 719. The SMILES string of the molecule is O=C(Cc1ccccc1F)NCCCNC(=O)c1cccc(O)c1. The second-order valence-electron chi connectivity index (χ2n) is 5.28. The molecule has 0 unspecified atom stereocenters. The Morgan fingerprint density at radius 2 is 1.75 bits per heavy atom. The highest BCUT2D eigenvalue weighted by Crippen LogP contribution is 2.10. The third-order valence-electron chi connectivity index (χ3n) is 3.38. The van der Waals surface area contributed by atoms with Crippen LogP contribution in [0.4, 0.5) is 4.39 Å². The minimum absolute atomic E-state index is 0.0116. The Hall–Kier alpha value is -2.89. The Balaban J connectivity index is 1.65. The Labute approximate surface area is 139 Å². The summed E-state index contributed by atoms with van der Waals surface area (Å²) in [6.07, 6.45) is 0.538. The Morgan fingerprint density at radius 1 is 1.00 bits per heavy atom. The summed E-state index contributed by atoms with van der Waals surface area (Å²) in [6, 6.07) is 12.2. The van der Waals surface area contributed by atoms with Gasteiger partial charge in [0.1, 0.15) is 11.6 Å². The first kappa shape index (κ1) is 17.5. The molecule has 0 aliphatic rings. The number of carbonyl (C=O) groups excluding carboxylic acids is 2. The third-order valence-corrected chi connectivity index (χ3v) is 3.38. The standard InChI is InChI=1S/C18H19FN2O3/c19-16-8-2-1-5-13(16)12-17(23)20-9-4-10-21-18(24)14-6-3-7-15(22)11-14/h1-3,5-8,11,22H,4,9-10,12H2,(H,20,23)(H,21,24). The van der Waals surface area contributed by atoms with Gasteiger partial charge in [0, 0.05) is 18.7 Å². The van der Waals surface area contributed by atoms with Crippen molar-refractivity contribution < 1.29 is 19.1 Å². The van der Waals surface area contributed by atoms with E-state index in [0.717, 1.165) is 0 Å². The van der Waals surface area contributed by atoms with Crippen molar-refractivity contribution in [3.8, 4) is 5.75 Å². The summed E-state index contributed by atoms with van der Waals surface area (Å²) >= 11 is 0. The number of phenolic OH excluding ortho intramolecular Hbond substituents is 1. The largest absolute Gasteiger partial charge is 0.508 e. The molecule has 3 N–H and O–H groups in total. The average Bonchev–Trinajstić information content (AvgIpc) is 2.56. The summed E-state index contributed by atoms with van der Waals surface area (Å²) in [4.78, 5) is 23.5. The van der Waals surface area contributed by atoms with Crippen LogP contribution in [0.15, 0.2) is 48.5 Å². The van der Waals surface area contributed by atoms with E-state index in [-0.39, 0.29) is 24.0 Å². The van der Waals surface area contributed by atoms with E-state index in [1.165, 1.54) is 18.2 Å². The molecule has 0 bridgehead atoms. The van der Waals surface area contributed by atoms with Gasteiger partial charge < -0.3 is 15.7 Å². The fraction of sp³-hybridized carbons (Fsp3) is 0.222. The van der Waals surface area contributed by atoms with Crippen LogP contribution in [-0.4, -0.2) is 30.0 Å². The van der Waals surface area contributed by atoms with Crippen LogP contribution >= 0.6 is 0 Å². The van der Waals surface area contributed by atoms with Gasteiger partial charge in [-0.05, 0) is 36.2 Å². The number of nitrogens with one attached hydrogen (secondary N) is 2. The monoisotopic (exact) mass is 330 g/mol. The van der Waals surface area contributed by atoms with Crippen molar-refractivity contribution in [1.82, 2.24) is 10.6 Å². The lowest BCUT2D eigenvalue weighted by molar-refractivity contribution is -0.120. The number of carbonyl (C=O) groups is 2. The lowest BCUT2D eigenvalue weighted by Crippen LogP contribution is -2.30. The Morgan fingerprint density at radius 3 is 2.50 bits per heavy atom. The maximum atomic E-state index is 13.4. The third kappa shape index (κ3) is 5.39. The highest BCUT2D eigenvalue weighted by molar-refractivity contribution is 5.94. The van der Waals surface area contributed by atoms with E-state index in [2.05, 4.69) is 10.6 Å². The van der Waals surface area contributed by atoms with Crippen LogP contribution in [0.3, 0.4) is 0 Å². The number of benzene rings is 2. The summed E-state index contributed by atoms with van der Waals surface area (Å²) in [5.41, 5.74) is 0.728. The number of amides is 2. The molecule has 0 aliphatic carbocycles. The molecule has 2 rings (SSSR count). The molecule has 0 atom stereocenters. The molecule has 5 nitrogen and oxygen atoms in total. The highest BCUT2D eigenvalue weighted by Gasteiger charge is 2.08. The van der Waals surface area contributed by atoms with Crippen molar-refractivity contribution in [2.24, 2.45) is 0 Å². The molecule has 2 aromatic rings. The fourth-order valence-corrected chi connectivity index (χ4v) is 2.14. The highest BCUT2D eigenvalue weighted by atomic mass is 19.1. The minimum Gasteiger partial charge on any atom is -0.508 e. The number of hydrogen-bond acceptors (Lipinski definition) is 3. The van der Waals surface area contributed by atoms with Crippen molar-refractivity contribution in [2.75, 3.05) is 13.1 Å². The van der Waals surface area contributed by atoms with Crippen molar-refractivity contribution in [3.63, 3.8) is 0 Å². The zero-order valence-electron chi connectivity index (χ0n) is 13.1. The molecule has 0 saturated heterocycles. The smallest absolute Gasteiger partial charge is 0.251 e. The maximum Gasteiger partial charge on any atom is 0.251 e. The van der Waals surface area contributed by atoms with E-state index in [1.54, 1.807) is 30.3 Å². The van der Waals surface area contributed by atoms with Crippen LogP contribution in [0, 0.1) is 5.82 Å². The van der Waals surface area contributed by atoms with Crippen LogP contribution in [-0.2, 0) is 11.2 Å². The van der Waals surface area contributed by atoms with E-state index in [9.17, 15) is 19.1 Å². The second kappa shape index (κ2) is 8.67. The molecule has 0 aromatic heterocycles. The number of halogens is 1. The van der Waals surface area contributed by atoms with Gasteiger partial charge in [-0.25, -0.2) is 4.39 Å². The topological polar surface area (TPSA) is 78.4 Å². The zero-order chi connectivity index (χ0) is 17.4. The minimum atomic E-state index is -0.397. The summed E-state index contributed by atoms with van der Waals surface area (Å²) in [5.74, 6) is -0.919. The summed E-state index contributed by atoms with van der Waals surface area (Å²) in [7, 11) is 0. The van der Waals surface area contributed by atoms with E-state index in [4.69, 9.17) is 0 Å². The van der Waals surface area contributed by atoms with Gasteiger partial charge in [0.15, 0.2) is 0 Å². The molecule has 0 spiro atoms. The zero-order valence-corrected chi connectivity index (χ0v) is 13.1. The molecular weight excluding hydrogens is 311 g/mol. The first-order valence-electron chi connectivity index (χ1n) is 7.63. The van der Waals surface area contributed by atoms with Gasteiger partial charge in [0.25, 0.3) is 5.91 Å². The van der Waals surface area contributed by atoms with E-state index >= 15 is 0 Å². The van der Waals surface area contributed by atoms with Crippen LogP contribution < -0.4 is 10.6 Å². The average molecular weight is 330 g/mol. The number of aromatic hydroxyl groups is 1. The molecular formula is C18H19FN2O3. The lowest BCUT2D eigenvalue weighted by Gasteiger charge is -2.07. The quantitative estimate of drug-likeness (QED) is 0.680. The van der Waals surface area contributed by atoms with Crippen molar-refractivity contribution >= 4 is 11.8 Å². The molecule has 24 heavy (non-hydrogen) atoms. The maximum absolute atomic E-state index is 13.4.